The molecule has 0 atom stereocenters. The Morgan fingerprint density at radius 2 is 1.90 bits per heavy atom. The molecule has 2 aromatic carbocycles. The number of anilines is 3. The predicted octanol–water partition coefficient (Wildman–Crippen LogP) is 2.76. The summed E-state index contributed by atoms with van der Waals surface area (Å²) in [5.74, 6) is -0.106. The number of fused-ring (bicyclic) bond motifs is 1. The largest absolute Gasteiger partial charge is 0.336 e. The maximum atomic E-state index is 12.8. The highest BCUT2D eigenvalue weighted by molar-refractivity contribution is 5.96. The van der Waals surface area contributed by atoms with Crippen molar-refractivity contribution in [3.8, 4) is 0 Å². The van der Waals surface area contributed by atoms with Crippen molar-refractivity contribution in [3.05, 3.63) is 53.6 Å². The van der Waals surface area contributed by atoms with Gasteiger partial charge in [-0.15, -0.1) is 0 Å². The highest BCUT2D eigenvalue weighted by atomic mass is 16.2. The van der Waals surface area contributed by atoms with E-state index in [2.05, 4.69) is 16.0 Å². The first-order valence-corrected chi connectivity index (χ1v) is 9.61. The second-order valence-electron chi connectivity index (χ2n) is 7.16. The Hall–Kier alpha value is -3.55. The van der Waals surface area contributed by atoms with Crippen LogP contribution in [-0.2, 0) is 17.8 Å². The number of carbonyl (C=O) groups excluding carboxylic acids is 3. The van der Waals surface area contributed by atoms with E-state index in [0.29, 0.717) is 38.3 Å². The van der Waals surface area contributed by atoms with Crippen LogP contribution in [0.5, 0.6) is 0 Å². The maximum absolute atomic E-state index is 12.8. The molecule has 2 aliphatic heterocycles. The molecule has 0 spiro atoms. The van der Waals surface area contributed by atoms with Gasteiger partial charge in [0.05, 0.1) is 0 Å². The average molecular weight is 393 g/mol. The zero-order valence-corrected chi connectivity index (χ0v) is 16.2. The molecule has 0 aromatic heterocycles. The van der Waals surface area contributed by atoms with Crippen LogP contribution in [0, 0.1) is 0 Å². The van der Waals surface area contributed by atoms with Crippen molar-refractivity contribution in [2.24, 2.45) is 0 Å². The number of hydrogen-bond donors (Lipinski definition) is 3. The lowest BCUT2D eigenvalue weighted by molar-refractivity contribution is -0.114. The second-order valence-corrected chi connectivity index (χ2v) is 7.16. The molecule has 2 heterocycles. The number of hydrogen-bond acceptors (Lipinski definition) is 3. The molecule has 8 heteroatoms. The first-order valence-electron chi connectivity index (χ1n) is 9.61. The lowest BCUT2D eigenvalue weighted by Gasteiger charge is -2.30. The fourth-order valence-corrected chi connectivity index (χ4v) is 3.76. The van der Waals surface area contributed by atoms with Crippen LogP contribution in [0.4, 0.5) is 26.7 Å². The van der Waals surface area contributed by atoms with Crippen LogP contribution in [0.15, 0.2) is 42.5 Å². The van der Waals surface area contributed by atoms with Gasteiger partial charge in [-0.05, 0) is 41.8 Å². The molecule has 2 aromatic rings. The molecule has 0 unspecified atom stereocenters. The molecule has 4 rings (SSSR count). The molecular weight excluding hydrogens is 370 g/mol. The summed E-state index contributed by atoms with van der Waals surface area (Å²) < 4.78 is 0. The van der Waals surface area contributed by atoms with Gasteiger partial charge in [-0.1, -0.05) is 18.2 Å². The first kappa shape index (κ1) is 18.8. The molecule has 2 aliphatic rings. The van der Waals surface area contributed by atoms with Crippen LogP contribution in [0.3, 0.4) is 0 Å². The monoisotopic (exact) mass is 393 g/mol. The summed E-state index contributed by atoms with van der Waals surface area (Å²) in [6.45, 7) is 3.74. The SMILES string of the molecule is CC(=O)Nc1cccc2c1CCN(C(=O)Nc1cccc(N3CCNC3=O)c1)C2. The summed E-state index contributed by atoms with van der Waals surface area (Å²) in [4.78, 5) is 39.4. The van der Waals surface area contributed by atoms with E-state index in [1.165, 1.54) is 6.92 Å². The molecule has 0 radical (unpaired) electrons. The molecule has 1 fully saturated rings. The van der Waals surface area contributed by atoms with Crippen molar-refractivity contribution in [3.63, 3.8) is 0 Å². The third-order valence-corrected chi connectivity index (χ3v) is 5.13. The van der Waals surface area contributed by atoms with E-state index in [9.17, 15) is 14.4 Å². The zero-order chi connectivity index (χ0) is 20.4. The number of amides is 5. The average Bonchev–Trinajstić information content (AvgIpc) is 3.13. The van der Waals surface area contributed by atoms with E-state index in [1.54, 1.807) is 15.9 Å². The van der Waals surface area contributed by atoms with E-state index in [1.807, 2.05) is 36.4 Å². The van der Waals surface area contributed by atoms with Gasteiger partial charge >= 0.3 is 12.1 Å². The molecule has 8 nitrogen and oxygen atoms in total. The van der Waals surface area contributed by atoms with Crippen molar-refractivity contribution in [1.29, 1.82) is 0 Å². The normalized spacial score (nSPS) is 15.6. The minimum Gasteiger partial charge on any atom is -0.336 e. The van der Waals surface area contributed by atoms with Gasteiger partial charge in [0.1, 0.15) is 0 Å². The van der Waals surface area contributed by atoms with Crippen molar-refractivity contribution in [2.75, 3.05) is 35.2 Å². The second kappa shape index (κ2) is 7.83. The van der Waals surface area contributed by atoms with E-state index < -0.39 is 0 Å². The van der Waals surface area contributed by atoms with Gasteiger partial charge in [0, 0.05) is 50.2 Å². The Morgan fingerprint density at radius 1 is 1.07 bits per heavy atom. The Labute approximate surface area is 168 Å². The summed E-state index contributed by atoms with van der Waals surface area (Å²) in [5, 5.41) is 8.56. The molecule has 0 saturated carbocycles. The number of rotatable bonds is 3. The van der Waals surface area contributed by atoms with Crippen molar-refractivity contribution in [1.82, 2.24) is 10.2 Å². The molecule has 1 saturated heterocycles. The third kappa shape index (κ3) is 4.01. The van der Waals surface area contributed by atoms with E-state index in [-0.39, 0.29) is 18.0 Å². The molecular formula is C21H23N5O3. The van der Waals surface area contributed by atoms with E-state index in [0.717, 1.165) is 22.5 Å². The number of carbonyl (C=O) groups is 3. The number of benzene rings is 2. The van der Waals surface area contributed by atoms with Gasteiger partial charge in [0.15, 0.2) is 0 Å². The third-order valence-electron chi connectivity index (χ3n) is 5.13. The smallest absolute Gasteiger partial charge is 0.322 e. The van der Waals surface area contributed by atoms with Crippen LogP contribution < -0.4 is 20.9 Å². The van der Waals surface area contributed by atoms with Crippen LogP contribution in [0.1, 0.15) is 18.1 Å². The number of urea groups is 2. The number of nitrogens with one attached hydrogen (secondary N) is 3. The lowest BCUT2D eigenvalue weighted by Crippen LogP contribution is -2.39. The predicted molar refractivity (Wildman–Crippen MR) is 111 cm³/mol. The molecule has 0 aliphatic carbocycles. The van der Waals surface area contributed by atoms with E-state index >= 15 is 0 Å². The Balaban J connectivity index is 1.45. The lowest BCUT2D eigenvalue weighted by atomic mass is 9.98. The van der Waals surface area contributed by atoms with Gasteiger partial charge < -0.3 is 20.9 Å². The van der Waals surface area contributed by atoms with Crippen molar-refractivity contribution in [2.45, 2.75) is 19.9 Å². The quantitative estimate of drug-likeness (QED) is 0.748. The standard InChI is InChI=1S/C21H23N5O3/c1-14(27)23-19-7-2-4-15-13-25(10-8-18(15)19)21(29)24-16-5-3-6-17(12-16)26-11-9-22-20(26)28/h2-7,12H,8-11,13H2,1H3,(H,22,28)(H,23,27)(H,24,29). The fourth-order valence-electron chi connectivity index (χ4n) is 3.76. The molecule has 150 valence electrons. The Bertz CT molecular complexity index is 975. The minimum absolute atomic E-state index is 0.106. The summed E-state index contributed by atoms with van der Waals surface area (Å²) in [5.41, 5.74) is 4.31. The first-order chi connectivity index (χ1) is 14.0. The van der Waals surface area contributed by atoms with E-state index in [4.69, 9.17) is 0 Å². The van der Waals surface area contributed by atoms with Gasteiger partial charge in [-0.2, -0.15) is 0 Å². The minimum atomic E-state index is -0.191. The highest BCUT2D eigenvalue weighted by Gasteiger charge is 2.24. The van der Waals surface area contributed by atoms with Crippen LogP contribution in [0.2, 0.25) is 0 Å². The highest BCUT2D eigenvalue weighted by Crippen LogP contribution is 2.27. The Morgan fingerprint density at radius 3 is 2.66 bits per heavy atom. The molecule has 29 heavy (non-hydrogen) atoms. The van der Waals surface area contributed by atoms with Crippen LogP contribution in [0.25, 0.3) is 0 Å². The summed E-state index contributed by atoms with van der Waals surface area (Å²) >= 11 is 0. The van der Waals surface area contributed by atoms with Crippen LogP contribution in [-0.4, -0.2) is 42.5 Å². The zero-order valence-electron chi connectivity index (χ0n) is 16.2. The summed E-state index contributed by atoms with van der Waals surface area (Å²) in [7, 11) is 0. The van der Waals surface area contributed by atoms with Gasteiger partial charge in [-0.25, -0.2) is 9.59 Å². The number of nitrogens with zero attached hydrogens (tertiary/aromatic N) is 2. The fraction of sp³-hybridized carbons (Fsp3) is 0.286. The van der Waals surface area contributed by atoms with Gasteiger partial charge in [0.25, 0.3) is 0 Å². The van der Waals surface area contributed by atoms with Crippen LogP contribution >= 0.6 is 0 Å². The maximum Gasteiger partial charge on any atom is 0.322 e. The Kier molecular flexibility index (Phi) is 5.07. The summed E-state index contributed by atoms with van der Waals surface area (Å²) in [6.07, 6.45) is 0.674. The molecule has 3 N–H and O–H groups in total. The van der Waals surface area contributed by atoms with Crippen molar-refractivity contribution >= 4 is 35.0 Å². The molecule has 0 bridgehead atoms. The van der Waals surface area contributed by atoms with Crippen molar-refractivity contribution < 1.29 is 14.4 Å². The topological polar surface area (TPSA) is 93.8 Å². The van der Waals surface area contributed by atoms with Gasteiger partial charge in [0.2, 0.25) is 5.91 Å². The molecule has 5 amide bonds. The summed E-state index contributed by atoms with van der Waals surface area (Å²) in [6, 6.07) is 12.7. The van der Waals surface area contributed by atoms with Gasteiger partial charge in [-0.3, -0.25) is 9.69 Å².